The van der Waals surface area contributed by atoms with Gasteiger partial charge < -0.3 is 5.32 Å². The van der Waals surface area contributed by atoms with E-state index in [1.807, 2.05) is 11.7 Å². The van der Waals surface area contributed by atoms with Crippen LogP contribution in [-0.2, 0) is 20.0 Å². The third kappa shape index (κ3) is 3.07. The van der Waals surface area contributed by atoms with E-state index in [1.54, 1.807) is 11.8 Å². The average Bonchev–Trinajstić information content (AvgIpc) is 2.77. The van der Waals surface area contributed by atoms with Gasteiger partial charge in [0.25, 0.3) is 0 Å². The summed E-state index contributed by atoms with van der Waals surface area (Å²) in [7, 11) is 1.97. The number of benzene rings is 1. The molecule has 0 radical (unpaired) electrons. The van der Waals surface area contributed by atoms with E-state index in [2.05, 4.69) is 54.1 Å². The third-order valence-corrected chi connectivity index (χ3v) is 3.60. The van der Waals surface area contributed by atoms with Crippen molar-refractivity contribution in [3.63, 3.8) is 0 Å². The van der Waals surface area contributed by atoms with E-state index in [9.17, 15) is 0 Å². The van der Waals surface area contributed by atoms with Crippen molar-refractivity contribution < 1.29 is 0 Å². The van der Waals surface area contributed by atoms with Gasteiger partial charge in [0, 0.05) is 35.9 Å². The van der Waals surface area contributed by atoms with Crippen LogP contribution in [0.15, 0.2) is 35.4 Å². The van der Waals surface area contributed by atoms with E-state index in [-0.39, 0.29) is 0 Å². The number of anilines is 1. The van der Waals surface area contributed by atoms with Crippen LogP contribution >= 0.6 is 11.8 Å². The predicted octanol–water partition coefficient (Wildman–Crippen LogP) is 3.32. The highest BCUT2D eigenvalue weighted by Crippen LogP contribution is 2.19. The first kappa shape index (κ1) is 13.0. The number of nitrogens with zero attached hydrogens (tertiary/aromatic N) is 2. The van der Waals surface area contributed by atoms with Crippen molar-refractivity contribution in [2.24, 2.45) is 7.05 Å². The number of thioether (sulfide) groups is 1. The highest BCUT2D eigenvalue weighted by Gasteiger charge is 2.05. The quantitative estimate of drug-likeness (QED) is 0.837. The van der Waals surface area contributed by atoms with Crippen LogP contribution in [0.4, 0.5) is 5.69 Å². The van der Waals surface area contributed by atoms with Crippen LogP contribution in [0.5, 0.6) is 0 Å². The van der Waals surface area contributed by atoms with Gasteiger partial charge in [-0.25, -0.2) is 0 Å². The van der Waals surface area contributed by atoms with Crippen molar-refractivity contribution in [3.05, 3.63) is 41.7 Å². The molecule has 1 aromatic carbocycles. The highest BCUT2D eigenvalue weighted by atomic mass is 32.2. The second kappa shape index (κ2) is 5.96. The summed E-state index contributed by atoms with van der Waals surface area (Å²) in [6, 6.07) is 8.48. The third-order valence-electron chi connectivity index (χ3n) is 2.88. The Kier molecular flexibility index (Phi) is 4.31. The molecule has 0 aliphatic heterocycles. The minimum Gasteiger partial charge on any atom is -0.381 e. The molecule has 4 heteroatoms. The van der Waals surface area contributed by atoms with Gasteiger partial charge in [-0.1, -0.05) is 13.0 Å². The Morgan fingerprint density at radius 2 is 2.22 bits per heavy atom. The largest absolute Gasteiger partial charge is 0.381 e. The van der Waals surface area contributed by atoms with E-state index in [0.717, 1.165) is 18.7 Å². The second-order valence-electron chi connectivity index (χ2n) is 4.21. The average molecular weight is 261 g/mol. The SMILES string of the molecule is CCc1nn(C)cc1CNc1cccc(SC)c1. The van der Waals surface area contributed by atoms with Gasteiger partial charge in [0.1, 0.15) is 0 Å². The fraction of sp³-hybridized carbons (Fsp3) is 0.357. The molecule has 3 nitrogen and oxygen atoms in total. The normalized spacial score (nSPS) is 10.6. The maximum atomic E-state index is 4.45. The molecule has 96 valence electrons. The first-order valence-corrected chi connectivity index (χ1v) is 7.34. The van der Waals surface area contributed by atoms with Gasteiger partial charge in [0.05, 0.1) is 5.69 Å². The number of rotatable bonds is 5. The number of aryl methyl sites for hydroxylation is 2. The Morgan fingerprint density at radius 1 is 1.39 bits per heavy atom. The highest BCUT2D eigenvalue weighted by molar-refractivity contribution is 7.98. The summed E-state index contributed by atoms with van der Waals surface area (Å²) in [5.41, 5.74) is 3.60. The number of aromatic nitrogens is 2. The fourth-order valence-electron chi connectivity index (χ4n) is 1.96. The zero-order valence-electron chi connectivity index (χ0n) is 11.1. The zero-order chi connectivity index (χ0) is 13.0. The molecule has 0 atom stereocenters. The van der Waals surface area contributed by atoms with Crippen LogP contribution in [0.2, 0.25) is 0 Å². The molecule has 2 rings (SSSR count). The molecule has 2 aromatic rings. The van der Waals surface area contributed by atoms with Gasteiger partial charge in [0.15, 0.2) is 0 Å². The summed E-state index contributed by atoms with van der Waals surface area (Å²) in [5, 5.41) is 7.90. The molecular weight excluding hydrogens is 242 g/mol. The van der Waals surface area contributed by atoms with E-state index >= 15 is 0 Å². The lowest BCUT2D eigenvalue weighted by Gasteiger charge is -2.07. The molecule has 0 unspecified atom stereocenters. The Hall–Kier alpha value is -1.42. The van der Waals surface area contributed by atoms with Crippen molar-refractivity contribution in [1.82, 2.24) is 9.78 Å². The minimum absolute atomic E-state index is 0.828. The van der Waals surface area contributed by atoms with Gasteiger partial charge in [-0.2, -0.15) is 5.10 Å². The van der Waals surface area contributed by atoms with E-state index in [1.165, 1.54) is 16.2 Å². The molecular formula is C14H19N3S. The Morgan fingerprint density at radius 3 is 2.94 bits per heavy atom. The van der Waals surface area contributed by atoms with Crippen LogP contribution in [0.1, 0.15) is 18.2 Å². The van der Waals surface area contributed by atoms with Crippen LogP contribution in [0, 0.1) is 0 Å². The van der Waals surface area contributed by atoms with Gasteiger partial charge in [-0.3, -0.25) is 4.68 Å². The van der Waals surface area contributed by atoms with Crippen LogP contribution < -0.4 is 5.32 Å². The van der Waals surface area contributed by atoms with Gasteiger partial charge >= 0.3 is 0 Å². The molecule has 0 aliphatic rings. The summed E-state index contributed by atoms with van der Waals surface area (Å²) >= 11 is 1.76. The minimum atomic E-state index is 0.828. The lowest BCUT2D eigenvalue weighted by Crippen LogP contribution is -2.00. The second-order valence-corrected chi connectivity index (χ2v) is 5.09. The molecule has 0 bridgehead atoms. The van der Waals surface area contributed by atoms with Gasteiger partial charge in [-0.15, -0.1) is 11.8 Å². The first-order valence-electron chi connectivity index (χ1n) is 6.12. The maximum absolute atomic E-state index is 4.45. The molecule has 0 saturated carbocycles. The monoisotopic (exact) mass is 261 g/mol. The lowest BCUT2D eigenvalue weighted by atomic mass is 10.2. The lowest BCUT2D eigenvalue weighted by molar-refractivity contribution is 0.746. The summed E-state index contributed by atoms with van der Waals surface area (Å²) in [4.78, 5) is 1.28. The van der Waals surface area contributed by atoms with Gasteiger partial charge in [0.2, 0.25) is 0 Å². The van der Waals surface area contributed by atoms with Crippen molar-refractivity contribution in [2.75, 3.05) is 11.6 Å². The first-order chi connectivity index (χ1) is 8.72. The summed E-state index contributed by atoms with van der Waals surface area (Å²) in [6.45, 7) is 2.97. The van der Waals surface area contributed by atoms with Crippen molar-refractivity contribution in [2.45, 2.75) is 24.8 Å². The Balaban J connectivity index is 2.06. The van der Waals surface area contributed by atoms with Crippen LogP contribution in [0.3, 0.4) is 0 Å². The van der Waals surface area contributed by atoms with E-state index < -0.39 is 0 Å². The predicted molar refractivity (Wildman–Crippen MR) is 78.1 cm³/mol. The van der Waals surface area contributed by atoms with Crippen molar-refractivity contribution in [3.8, 4) is 0 Å². The number of hydrogen-bond acceptors (Lipinski definition) is 3. The Labute approximate surface area is 113 Å². The van der Waals surface area contributed by atoms with Gasteiger partial charge in [-0.05, 0) is 30.9 Å². The molecule has 1 heterocycles. The van der Waals surface area contributed by atoms with Crippen LogP contribution in [-0.4, -0.2) is 16.0 Å². The summed E-state index contributed by atoms with van der Waals surface area (Å²) in [6.07, 6.45) is 5.16. The molecule has 0 amide bonds. The summed E-state index contributed by atoms with van der Waals surface area (Å²) in [5.74, 6) is 0. The van der Waals surface area contributed by atoms with E-state index in [0.29, 0.717) is 0 Å². The smallest absolute Gasteiger partial charge is 0.0671 e. The van der Waals surface area contributed by atoms with Crippen molar-refractivity contribution in [1.29, 1.82) is 0 Å². The number of hydrogen-bond donors (Lipinski definition) is 1. The molecule has 0 fully saturated rings. The standard InChI is InChI=1S/C14H19N3S/c1-4-14-11(10-17(2)16-14)9-15-12-6-5-7-13(8-12)18-3/h5-8,10,15H,4,9H2,1-3H3. The summed E-state index contributed by atoms with van der Waals surface area (Å²) < 4.78 is 1.88. The molecule has 0 saturated heterocycles. The zero-order valence-corrected chi connectivity index (χ0v) is 11.9. The molecule has 0 aliphatic carbocycles. The topological polar surface area (TPSA) is 29.9 Å². The Bertz CT molecular complexity index is 520. The maximum Gasteiger partial charge on any atom is 0.0671 e. The molecule has 0 spiro atoms. The molecule has 18 heavy (non-hydrogen) atoms. The van der Waals surface area contributed by atoms with Crippen LogP contribution in [0.25, 0.3) is 0 Å². The fourth-order valence-corrected chi connectivity index (χ4v) is 2.42. The molecule has 1 N–H and O–H groups in total. The number of nitrogens with one attached hydrogen (secondary N) is 1. The van der Waals surface area contributed by atoms with Crippen molar-refractivity contribution >= 4 is 17.4 Å². The molecule has 1 aromatic heterocycles. The van der Waals surface area contributed by atoms with E-state index in [4.69, 9.17) is 0 Å².